The summed E-state index contributed by atoms with van der Waals surface area (Å²) in [6.07, 6.45) is 0. The maximum absolute atomic E-state index is 5.14. The number of nitrogens with zero attached hydrogens (tertiary/aromatic N) is 4. The van der Waals surface area contributed by atoms with E-state index in [4.69, 9.17) is 24.4 Å². The molecule has 0 amide bonds. The van der Waals surface area contributed by atoms with Crippen LogP contribution in [0.4, 0.5) is 0 Å². The Morgan fingerprint density at radius 3 is 1.19 bits per heavy atom. The van der Waals surface area contributed by atoms with Crippen molar-refractivity contribution < 1.29 is 0 Å². The Balaban J connectivity index is 4.37. The third-order valence-electron chi connectivity index (χ3n) is 2.29. The molecule has 16 heavy (non-hydrogen) atoms. The lowest BCUT2D eigenvalue weighted by molar-refractivity contribution is 0.460. The van der Waals surface area contributed by atoms with E-state index < -0.39 is 0 Å². The van der Waals surface area contributed by atoms with Gasteiger partial charge in [0.1, 0.15) is 0 Å². The van der Waals surface area contributed by atoms with Gasteiger partial charge in [0.25, 0.3) is 0 Å². The van der Waals surface area contributed by atoms with Crippen LogP contribution in [-0.4, -0.2) is 46.2 Å². The lowest BCUT2D eigenvalue weighted by Gasteiger charge is -2.19. The Morgan fingerprint density at radius 1 is 0.750 bits per heavy atom. The van der Waals surface area contributed by atoms with E-state index >= 15 is 0 Å². The second-order valence-corrected chi connectivity index (χ2v) is 3.84. The first-order valence-electron chi connectivity index (χ1n) is 5.60. The van der Waals surface area contributed by atoms with E-state index in [2.05, 4.69) is 10.2 Å². The molecule has 0 spiro atoms. The molecule has 0 aliphatic rings. The minimum atomic E-state index is 0.500. The quantitative estimate of drug-likeness (QED) is 0.574. The van der Waals surface area contributed by atoms with Gasteiger partial charge in [0, 0.05) is 26.2 Å². The lowest BCUT2D eigenvalue weighted by atomic mass is 10.5. The molecular formula is C10H20N4S2. The molecule has 0 fully saturated rings. The van der Waals surface area contributed by atoms with E-state index in [1.165, 1.54) is 0 Å². The molecule has 0 aromatic rings. The molecule has 0 aromatic heterocycles. The molecule has 0 saturated heterocycles. The van der Waals surface area contributed by atoms with E-state index in [0.29, 0.717) is 10.2 Å². The molecule has 0 unspecified atom stereocenters. The van der Waals surface area contributed by atoms with Gasteiger partial charge in [-0.05, 0) is 52.1 Å². The largest absolute Gasteiger partial charge is 0.347 e. The Hall–Kier alpha value is -0.620. The second-order valence-electron chi connectivity index (χ2n) is 3.11. The minimum Gasteiger partial charge on any atom is -0.347 e. The zero-order valence-corrected chi connectivity index (χ0v) is 12.1. The molecule has 0 aromatic carbocycles. The average molecular weight is 260 g/mol. The summed E-state index contributed by atoms with van der Waals surface area (Å²) in [6, 6.07) is 0. The maximum atomic E-state index is 5.14. The van der Waals surface area contributed by atoms with Crippen molar-refractivity contribution in [3.8, 4) is 0 Å². The lowest BCUT2D eigenvalue weighted by Crippen LogP contribution is -2.29. The molecule has 0 aliphatic heterocycles. The summed E-state index contributed by atoms with van der Waals surface area (Å²) in [5.74, 6) is 0. The van der Waals surface area contributed by atoms with Crippen molar-refractivity contribution in [3.05, 3.63) is 0 Å². The van der Waals surface area contributed by atoms with Crippen LogP contribution in [0.15, 0.2) is 10.2 Å². The Bertz CT molecular complexity index is 232. The monoisotopic (exact) mass is 260 g/mol. The average Bonchev–Trinajstić information content (AvgIpc) is 2.29. The minimum absolute atomic E-state index is 0.500. The first-order valence-corrected chi connectivity index (χ1v) is 6.41. The third-order valence-corrected chi connectivity index (χ3v) is 2.97. The fraction of sp³-hybridized carbons (Fsp3) is 0.800. The van der Waals surface area contributed by atoms with Crippen molar-refractivity contribution in [2.45, 2.75) is 27.7 Å². The molecule has 0 atom stereocenters. The standard InChI is InChI=1S/C10H20N4S2/c1-5-13(6-2)9(15)11-12-10(16)14(7-3)8-4/h5-8H2,1-4H3. The predicted octanol–water partition coefficient (Wildman–Crippen LogP) is 2.69. The molecule has 0 radical (unpaired) electrons. The van der Waals surface area contributed by atoms with Crippen molar-refractivity contribution >= 4 is 34.7 Å². The van der Waals surface area contributed by atoms with Crippen LogP contribution in [0.1, 0.15) is 27.7 Å². The van der Waals surface area contributed by atoms with Crippen LogP contribution in [0.5, 0.6) is 0 Å². The van der Waals surface area contributed by atoms with Crippen LogP contribution in [0.2, 0.25) is 0 Å². The SMILES string of the molecule is CCN(CC)C(=S)N=NC(=S)N(CC)CC. The van der Waals surface area contributed by atoms with Gasteiger partial charge in [0.15, 0.2) is 0 Å². The predicted molar refractivity (Wildman–Crippen MR) is 75.9 cm³/mol. The molecular weight excluding hydrogens is 240 g/mol. The number of rotatable bonds is 4. The zero-order valence-electron chi connectivity index (χ0n) is 10.4. The van der Waals surface area contributed by atoms with Gasteiger partial charge in [-0.3, -0.25) is 0 Å². The fourth-order valence-corrected chi connectivity index (χ4v) is 1.80. The summed E-state index contributed by atoms with van der Waals surface area (Å²) in [4.78, 5) is 3.92. The van der Waals surface area contributed by atoms with Gasteiger partial charge in [-0.1, -0.05) is 0 Å². The van der Waals surface area contributed by atoms with Crippen LogP contribution >= 0.6 is 24.4 Å². The summed E-state index contributed by atoms with van der Waals surface area (Å²) >= 11 is 10.3. The highest BCUT2D eigenvalue weighted by Crippen LogP contribution is 1.98. The van der Waals surface area contributed by atoms with Crippen molar-refractivity contribution in [2.24, 2.45) is 10.2 Å². The van der Waals surface area contributed by atoms with Crippen LogP contribution in [-0.2, 0) is 0 Å². The highest BCUT2D eigenvalue weighted by atomic mass is 32.1. The maximum Gasteiger partial charge on any atom is 0.216 e. The van der Waals surface area contributed by atoms with Crippen molar-refractivity contribution in [2.75, 3.05) is 26.2 Å². The first kappa shape index (κ1) is 15.4. The number of hydrogen-bond donors (Lipinski definition) is 0. The normalized spacial score (nSPS) is 10.5. The topological polar surface area (TPSA) is 31.2 Å². The number of thiocarbonyl (C=S) groups is 2. The molecule has 0 aliphatic carbocycles. The summed E-state index contributed by atoms with van der Waals surface area (Å²) < 4.78 is 0. The molecule has 0 rings (SSSR count). The van der Waals surface area contributed by atoms with Gasteiger partial charge in [-0.2, -0.15) is 0 Å². The van der Waals surface area contributed by atoms with E-state index in [1.807, 2.05) is 37.5 Å². The Kier molecular flexibility index (Phi) is 8.19. The van der Waals surface area contributed by atoms with E-state index in [1.54, 1.807) is 0 Å². The molecule has 92 valence electrons. The van der Waals surface area contributed by atoms with Gasteiger partial charge in [0.2, 0.25) is 10.2 Å². The zero-order chi connectivity index (χ0) is 12.6. The van der Waals surface area contributed by atoms with Gasteiger partial charge >= 0.3 is 0 Å². The van der Waals surface area contributed by atoms with Gasteiger partial charge in [0.05, 0.1) is 0 Å². The summed E-state index contributed by atoms with van der Waals surface area (Å²) in [5, 5.41) is 8.96. The summed E-state index contributed by atoms with van der Waals surface area (Å²) in [7, 11) is 0. The van der Waals surface area contributed by atoms with Crippen LogP contribution in [0, 0.1) is 0 Å². The number of hydrogen-bond acceptors (Lipinski definition) is 2. The van der Waals surface area contributed by atoms with Gasteiger partial charge in [-0.25, -0.2) is 0 Å². The first-order chi connectivity index (χ1) is 7.60. The third kappa shape index (κ3) is 4.94. The molecule has 0 heterocycles. The van der Waals surface area contributed by atoms with Crippen LogP contribution in [0.3, 0.4) is 0 Å². The number of azo groups is 1. The fourth-order valence-electron chi connectivity index (χ4n) is 1.20. The van der Waals surface area contributed by atoms with Gasteiger partial charge in [-0.15, -0.1) is 10.2 Å². The smallest absolute Gasteiger partial charge is 0.216 e. The van der Waals surface area contributed by atoms with Crippen LogP contribution in [0.25, 0.3) is 0 Å². The summed E-state index contributed by atoms with van der Waals surface area (Å²) in [5.41, 5.74) is 0. The van der Waals surface area contributed by atoms with E-state index in [9.17, 15) is 0 Å². The van der Waals surface area contributed by atoms with Crippen molar-refractivity contribution in [1.29, 1.82) is 0 Å². The Morgan fingerprint density at radius 2 is 1.00 bits per heavy atom. The molecule has 6 heteroatoms. The van der Waals surface area contributed by atoms with E-state index in [-0.39, 0.29) is 0 Å². The summed E-state index contributed by atoms with van der Waals surface area (Å²) in [6.45, 7) is 11.5. The molecule has 0 saturated carbocycles. The highest BCUT2D eigenvalue weighted by Gasteiger charge is 2.06. The van der Waals surface area contributed by atoms with Gasteiger partial charge < -0.3 is 9.80 Å². The highest BCUT2D eigenvalue weighted by molar-refractivity contribution is 7.80. The second kappa shape index (κ2) is 8.52. The molecule has 0 N–H and O–H groups in total. The van der Waals surface area contributed by atoms with Crippen molar-refractivity contribution in [1.82, 2.24) is 9.80 Å². The van der Waals surface area contributed by atoms with Crippen LogP contribution < -0.4 is 0 Å². The van der Waals surface area contributed by atoms with E-state index in [0.717, 1.165) is 26.2 Å². The molecule has 4 nitrogen and oxygen atoms in total. The molecule has 0 bridgehead atoms. The Labute approximate surface area is 109 Å². The van der Waals surface area contributed by atoms with Crippen molar-refractivity contribution in [3.63, 3.8) is 0 Å².